The van der Waals surface area contributed by atoms with Crippen molar-refractivity contribution in [2.75, 3.05) is 11.9 Å². The Morgan fingerprint density at radius 3 is 2.40 bits per heavy atom. The minimum Gasteiger partial charge on any atom is -0.445 e. The van der Waals surface area contributed by atoms with Crippen molar-refractivity contribution in [3.05, 3.63) is 66.2 Å². The van der Waals surface area contributed by atoms with Gasteiger partial charge in [0.15, 0.2) is 0 Å². The molecule has 0 aromatic heterocycles. The number of hydrogen-bond donors (Lipinski definition) is 2. The summed E-state index contributed by atoms with van der Waals surface area (Å²) in [6.45, 7) is 0.208. The summed E-state index contributed by atoms with van der Waals surface area (Å²) in [5.74, 6) is -0.334. The molecule has 2 aromatic carbocycles. The molecule has 2 N–H and O–H groups in total. The lowest BCUT2D eigenvalue weighted by atomic mass is 10.2. The summed E-state index contributed by atoms with van der Waals surface area (Å²) in [6.07, 6.45) is -1.15. The molecule has 0 radical (unpaired) electrons. The van der Waals surface area contributed by atoms with Crippen LogP contribution in [-0.2, 0) is 16.1 Å². The monoisotopic (exact) mass is 340 g/mol. The Balaban J connectivity index is 1.62. The number of anilines is 1. The van der Waals surface area contributed by atoms with Crippen molar-refractivity contribution in [2.45, 2.75) is 25.2 Å². The third kappa shape index (κ3) is 4.36. The minimum absolute atomic E-state index is 0.0838. The highest BCUT2D eigenvalue weighted by molar-refractivity contribution is 5.96. The predicted molar refractivity (Wildman–Crippen MR) is 92.8 cm³/mol. The molecule has 0 aliphatic carbocycles. The Labute approximate surface area is 146 Å². The van der Waals surface area contributed by atoms with Gasteiger partial charge in [-0.25, -0.2) is 4.79 Å². The average molecular weight is 340 g/mol. The molecular formula is C19H20N2O4. The van der Waals surface area contributed by atoms with E-state index in [2.05, 4.69) is 5.32 Å². The summed E-state index contributed by atoms with van der Waals surface area (Å²) in [7, 11) is 0. The number of amides is 2. The van der Waals surface area contributed by atoms with Gasteiger partial charge < -0.3 is 15.2 Å². The van der Waals surface area contributed by atoms with Gasteiger partial charge in [-0.3, -0.25) is 9.69 Å². The maximum Gasteiger partial charge on any atom is 0.410 e. The molecule has 1 fully saturated rings. The van der Waals surface area contributed by atoms with Crippen molar-refractivity contribution in [1.82, 2.24) is 4.90 Å². The number of benzene rings is 2. The number of nitrogens with zero attached hydrogens (tertiary/aromatic N) is 1. The van der Waals surface area contributed by atoms with Crippen molar-refractivity contribution < 1.29 is 19.4 Å². The molecule has 0 unspecified atom stereocenters. The van der Waals surface area contributed by atoms with Crippen LogP contribution in [0.5, 0.6) is 0 Å². The molecule has 130 valence electrons. The maximum atomic E-state index is 12.5. The van der Waals surface area contributed by atoms with Crippen LogP contribution in [0.25, 0.3) is 0 Å². The molecule has 0 saturated carbocycles. The van der Waals surface area contributed by atoms with Gasteiger partial charge in [-0.2, -0.15) is 0 Å². The number of aliphatic hydroxyl groups is 1. The first-order valence-electron chi connectivity index (χ1n) is 8.15. The van der Waals surface area contributed by atoms with Crippen LogP contribution in [0.1, 0.15) is 12.0 Å². The van der Waals surface area contributed by atoms with Gasteiger partial charge in [0.05, 0.1) is 12.6 Å². The van der Waals surface area contributed by atoms with Gasteiger partial charge in [0.2, 0.25) is 5.91 Å². The number of ether oxygens (including phenoxy) is 1. The van der Waals surface area contributed by atoms with Gasteiger partial charge in [-0.05, 0) is 17.7 Å². The number of carbonyl (C=O) groups is 2. The second-order valence-corrected chi connectivity index (χ2v) is 5.95. The number of nitrogens with one attached hydrogen (secondary N) is 1. The van der Waals surface area contributed by atoms with Crippen molar-refractivity contribution in [3.63, 3.8) is 0 Å². The lowest BCUT2D eigenvalue weighted by molar-refractivity contribution is -0.120. The van der Waals surface area contributed by atoms with Crippen LogP contribution in [0.15, 0.2) is 60.7 Å². The number of carbonyl (C=O) groups excluding carboxylic acids is 2. The quantitative estimate of drug-likeness (QED) is 0.896. The molecule has 1 saturated heterocycles. The molecule has 0 spiro atoms. The van der Waals surface area contributed by atoms with Crippen LogP contribution in [0.3, 0.4) is 0 Å². The summed E-state index contributed by atoms with van der Waals surface area (Å²) in [6, 6.07) is 17.6. The van der Waals surface area contributed by atoms with Crippen LogP contribution >= 0.6 is 0 Å². The molecule has 0 bridgehead atoms. The fourth-order valence-corrected chi connectivity index (χ4v) is 2.81. The van der Waals surface area contributed by atoms with E-state index in [1.54, 1.807) is 12.1 Å². The zero-order valence-electron chi connectivity index (χ0n) is 13.7. The zero-order valence-corrected chi connectivity index (χ0v) is 13.7. The van der Waals surface area contributed by atoms with Crippen LogP contribution in [0.4, 0.5) is 10.5 Å². The predicted octanol–water partition coefficient (Wildman–Crippen LogP) is 2.40. The van der Waals surface area contributed by atoms with Gasteiger partial charge in [-0.1, -0.05) is 48.5 Å². The van der Waals surface area contributed by atoms with Gasteiger partial charge in [0, 0.05) is 12.1 Å². The van der Waals surface area contributed by atoms with E-state index in [1.807, 2.05) is 48.5 Å². The number of likely N-dealkylation sites (tertiary alicyclic amines) is 1. The first kappa shape index (κ1) is 17.0. The molecule has 1 heterocycles. The Bertz CT molecular complexity index is 721. The molecule has 2 atom stereocenters. The lowest BCUT2D eigenvalue weighted by Crippen LogP contribution is -2.43. The van der Waals surface area contributed by atoms with Crippen LogP contribution in [-0.4, -0.2) is 40.7 Å². The second-order valence-electron chi connectivity index (χ2n) is 5.95. The molecule has 3 rings (SSSR count). The average Bonchev–Trinajstić information content (AvgIpc) is 3.03. The molecular weight excluding hydrogens is 320 g/mol. The Hall–Kier alpha value is -2.86. The highest BCUT2D eigenvalue weighted by Gasteiger charge is 2.39. The van der Waals surface area contributed by atoms with E-state index in [9.17, 15) is 14.7 Å². The van der Waals surface area contributed by atoms with Crippen molar-refractivity contribution in [3.8, 4) is 0 Å². The Kier molecular flexibility index (Phi) is 5.30. The Morgan fingerprint density at radius 2 is 1.72 bits per heavy atom. The number of hydrogen-bond acceptors (Lipinski definition) is 4. The SMILES string of the molecule is O=C(Nc1ccccc1)[C@@H]1C[C@@H](O)CN1C(=O)OCc1ccccc1. The third-order valence-electron chi connectivity index (χ3n) is 4.06. The van der Waals surface area contributed by atoms with E-state index in [4.69, 9.17) is 4.74 Å². The topological polar surface area (TPSA) is 78.9 Å². The van der Waals surface area contributed by atoms with Crippen molar-refractivity contribution in [2.24, 2.45) is 0 Å². The summed E-state index contributed by atoms with van der Waals surface area (Å²) in [5, 5.41) is 12.7. The van der Waals surface area contributed by atoms with Gasteiger partial charge >= 0.3 is 6.09 Å². The fraction of sp³-hybridized carbons (Fsp3) is 0.263. The van der Waals surface area contributed by atoms with Crippen molar-refractivity contribution >= 4 is 17.7 Å². The molecule has 1 aliphatic rings. The summed E-state index contributed by atoms with van der Waals surface area (Å²) in [5.41, 5.74) is 1.51. The summed E-state index contributed by atoms with van der Waals surface area (Å²) >= 11 is 0. The normalized spacial score (nSPS) is 19.5. The van der Waals surface area contributed by atoms with Crippen LogP contribution in [0.2, 0.25) is 0 Å². The molecule has 2 amide bonds. The number of aliphatic hydroxyl groups excluding tert-OH is 1. The first-order chi connectivity index (χ1) is 12.1. The smallest absolute Gasteiger partial charge is 0.410 e. The summed E-state index contributed by atoms with van der Waals surface area (Å²) < 4.78 is 5.29. The van der Waals surface area contributed by atoms with Crippen LogP contribution in [0, 0.1) is 0 Å². The second kappa shape index (κ2) is 7.81. The van der Waals surface area contributed by atoms with E-state index in [0.29, 0.717) is 5.69 Å². The number of β-amino-alcohol motifs (C(OH)–C–C–N with tert-alkyl or cyclic N) is 1. The van der Waals surface area contributed by atoms with Crippen LogP contribution < -0.4 is 5.32 Å². The van der Waals surface area contributed by atoms with E-state index in [1.165, 1.54) is 4.90 Å². The van der Waals surface area contributed by atoms with E-state index >= 15 is 0 Å². The molecule has 25 heavy (non-hydrogen) atoms. The van der Waals surface area contributed by atoms with Crippen molar-refractivity contribution in [1.29, 1.82) is 0 Å². The molecule has 2 aromatic rings. The van der Waals surface area contributed by atoms with E-state index < -0.39 is 18.2 Å². The lowest BCUT2D eigenvalue weighted by Gasteiger charge is -2.23. The number of rotatable bonds is 4. The van der Waals surface area contributed by atoms with Gasteiger partial charge in [-0.15, -0.1) is 0 Å². The first-order valence-corrected chi connectivity index (χ1v) is 8.15. The Morgan fingerprint density at radius 1 is 1.08 bits per heavy atom. The maximum absolute atomic E-state index is 12.5. The number of para-hydroxylation sites is 1. The fourth-order valence-electron chi connectivity index (χ4n) is 2.81. The van der Waals surface area contributed by atoms with E-state index in [0.717, 1.165) is 5.56 Å². The molecule has 1 aliphatic heterocycles. The van der Waals surface area contributed by atoms with Gasteiger partial charge in [0.25, 0.3) is 0 Å². The third-order valence-corrected chi connectivity index (χ3v) is 4.06. The molecule has 6 nitrogen and oxygen atoms in total. The zero-order chi connectivity index (χ0) is 17.6. The van der Waals surface area contributed by atoms with E-state index in [-0.39, 0.29) is 25.5 Å². The largest absolute Gasteiger partial charge is 0.445 e. The molecule has 6 heteroatoms. The minimum atomic E-state index is -0.751. The van der Waals surface area contributed by atoms with Gasteiger partial charge in [0.1, 0.15) is 12.6 Å². The summed E-state index contributed by atoms with van der Waals surface area (Å²) in [4.78, 5) is 26.1. The highest BCUT2D eigenvalue weighted by Crippen LogP contribution is 2.21. The standard InChI is InChI=1S/C19H20N2O4/c22-16-11-17(18(23)20-15-9-5-2-6-10-15)21(12-16)19(24)25-13-14-7-3-1-4-8-14/h1-10,16-17,22H,11-13H2,(H,20,23)/t16-,17+/m1/s1. The highest BCUT2D eigenvalue weighted by atomic mass is 16.6.